The first-order valence-corrected chi connectivity index (χ1v) is 14.0. The lowest BCUT2D eigenvalue weighted by Crippen LogP contribution is -2.59. The van der Waals surface area contributed by atoms with Crippen molar-refractivity contribution in [1.29, 1.82) is 0 Å². The molecule has 5 nitrogen and oxygen atoms in total. The quantitative estimate of drug-likeness (QED) is 0.0939. The van der Waals surface area contributed by atoms with Crippen LogP contribution >= 0.6 is 31.9 Å². The first-order valence-electron chi connectivity index (χ1n) is 12.4. The summed E-state index contributed by atoms with van der Waals surface area (Å²) in [6.07, 6.45) is -0.147. The van der Waals surface area contributed by atoms with E-state index in [2.05, 4.69) is 31.9 Å². The molecule has 7 heteroatoms. The highest BCUT2D eigenvalue weighted by Gasteiger charge is 2.64. The van der Waals surface area contributed by atoms with E-state index in [4.69, 9.17) is 0 Å². The van der Waals surface area contributed by atoms with Gasteiger partial charge in [0.15, 0.2) is 28.5 Å². The number of aldehydes is 1. The predicted octanol–water partition coefficient (Wildman–Crippen LogP) is 7.62. The number of benzene rings is 4. The molecule has 0 saturated heterocycles. The Labute approximate surface area is 248 Å². The summed E-state index contributed by atoms with van der Waals surface area (Å²) in [5.74, 6) is -3.06. The standard InChI is InChI=1S/C33H24Br2O5/c1-32(21-36,20-28(37)22-8-4-2-5-9-22)33(29(38)23-10-6-3-7-11-23,30(39)24-12-16-26(34)17-13-24)31(40)25-14-18-27(35)19-15-25/h2-19,21H,20H2,1H3. The summed E-state index contributed by atoms with van der Waals surface area (Å²) in [7, 11) is 0. The van der Waals surface area contributed by atoms with Crippen molar-refractivity contribution in [2.24, 2.45) is 10.8 Å². The van der Waals surface area contributed by atoms with E-state index in [0.717, 1.165) is 0 Å². The molecule has 1 atom stereocenters. The Bertz CT molecular complexity index is 1510. The molecular weight excluding hydrogens is 636 g/mol. The van der Waals surface area contributed by atoms with Gasteiger partial charge in [0.05, 0.1) is 5.41 Å². The Morgan fingerprint density at radius 1 is 0.575 bits per heavy atom. The third-order valence-corrected chi connectivity index (χ3v) is 8.07. The van der Waals surface area contributed by atoms with Crippen molar-refractivity contribution in [3.8, 4) is 0 Å². The Morgan fingerprint density at radius 3 is 1.30 bits per heavy atom. The van der Waals surface area contributed by atoms with Crippen LogP contribution in [0.2, 0.25) is 0 Å². The number of carbonyl (C=O) groups excluding carboxylic acids is 5. The summed E-state index contributed by atoms with van der Waals surface area (Å²) in [5.41, 5.74) is -4.18. The summed E-state index contributed by atoms with van der Waals surface area (Å²) in [5, 5.41) is 0. The molecule has 0 aliphatic carbocycles. The second-order valence-corrected chi connectivity index (χ2v) is 11.4. The lowest BCUT2D eigenvalue weighted by atomic mass is 9.53. The van der Waals surface area contributed by atoms with Gasteiger partial charge in [-0.1, -0.05) is 124 Å². The average molecular weight is 660 g/mol. The lowest BCUT2D eigenvalue weighted by Gasteiger charge is -2.41. The van der Waals surface area contributed by atoms with E-state index in [-0.39, 0.29) is 16.7 Å². The minimum absolute atomic E-state index is 0.0539. The summed E-state index contributed by atoms with van der Waals surface area (Å²) in [6, 6.07) is 28.6. The zero-order chi connectivity index (χ0) is 28.9. The fourth-order valence-electron chi connectivity index (χ4n) is 4.85. The van der Waals surface area contributed by atoms with Gasteiger partial charge in [0.2, 0.25) is 0 Å². The molecule has 200 valence electrons. The average Bonchev–Trinajstić information content (AvgIpc) is 2.98. The van der Waals surface area contributed by atoms with Gasteiger partial charge in [-0.15, -0.1) is 0 Å². The van der Waals surface area contributed by atoms with E-state index in [9.17, 15) is 24.0 Å². The number of hydrogen-bond donors (Lipinski definition) is 0. The van der Waals surface area contributed by atoms with Crippen LogP contribution in [-0.2, 0) is 4.79 Å². The van der Waals surface area contributed by atoms with Crippen molar-refractivity contribution in [2.75, 3.05) is 0 Å². The number of carbonyl (C=O) groups is 5. The van der Waals surface area contributed by atoms with E-state index in [0.29, 0.717) is 20.8 Å². The van der Waals surface area contributed by atoms with Gasteiger partial charge in [-0.2, -0.15) is 0 Å². The number of halogens is 2. The minimum atomic E-state index is -2.60. The van der Waals surface area contributed by atoms with Crippen molar-refractivity contribution >= 4 is 61.3 Å². The Morgan fingerprint density at radius 2 is 0.925 bits per heavy atom. The zero-order valence-electron chi connectivity index (χ0n) is 21.5. The molecule has 0 aliphatic heterocycles. The molecular formula is C33H24Br2O5. The fraction of sp³-hybridized carbons (Fsp3) is 0.121. The molecule has 0 bridgehead atoms. The molecule has 1 unspecified atom stereocenters. The van der Waals surface area contributed by atoms with E-state index in [1.807, 2.05) is 0 Å². The van der Waals surface area contributed by atoms with Gasteiger partial charge in [0.1, 0.15) is 6.29 Å². The van der Waals surface area contributed by atoms with Crippen LogP contribution in [0.4, 0.5) is 0 Å². The number of Topliss-reactive ketones (excluding diaryl/α,β-unsaturated/α-hetero) is 4. The molecule has 0 aromatic heterocycles. The van der Waals surface area contributed by atoms with Crippen LogP contribution in [0.25, 0.3) is 0 Å². The lowest BCUT2D eigenvalue weighted by molar-refractivity contribution is -0.118. The second kappa shape index (κ2) is 12.1. The van der Waals surface area contributed by atoms with Crippen LogP contribution in [0.15, 0.2) is 118 Å². The van der Waals surface area contributed by atoms with Crippen LogP contribution in [0.3, 0.4) is 0 Å². The molecule has 0 saturated carbocycles. The summed E-state index contributed by atoms with van der Waals surface area (Å²) < 4.78 is 1.36. The number of ketones is 4. The van der Waals surface area contributed by atoms with Gasteiger partial charge in [-0.25, -0.2) is 0 Å². The topological polar surface area (TPSA) is 85.3 Å². The van der Waals surface area contributed by atoms with Crippen molar-refractivity contribution in [3.05, 3.63) is 140 Å². The van der Waals surface area contributed by atoms with E-state index in [1.165, 1.54) is 43.3 Å². The van der Waals surface area contributed by atoms with Crippen LogP contribution in [0.5, 0.6) is 0 Å². The molecule has 4 aromatic rings. The van der Waals surface area contributed by atoms with Crippen molar-refractivity contribution < 1.29 is 24.0 Å². The van der Waals surface area contributed by atoms with Gasteiger partial charge in [-0.05, 0) is 24.3 Å². The molecule has 0 amide bonds. The fourth-order valence-corrected chi connectivity index (χ4v) is 5.38. The molecule has 40 heavy (non-hydrogen) atoms. The maximum absolute atomic E-state index is 14.7. The third-order valence-electron chi connectivity index (χ3n) is 7.01. The summed E-state index contributed by atoms with van der Waals surface area (Å²) >= 11 is 6.69. The van der Waals surface area contributed by atoms with Gasteiger partial charge in [0.25, 0.3) is 0 Å². The Balaban J connectivity index is 2.05. The van der Waals surface area contributed by atoms with Gasteiger partial charge in [0, 0.05) is 37.6 Å². The first-order chi connectivity index (χ1) is 19.1. The third kappa shape index (κ3) is 5.44. The second-order valence-electron chi connectivity index (χ2n) is 9.62. The maximum Gasteiger partial charge on any atom is 0.185 e. The smallest absolute Gasteiger partial charge is 0.185 e. The van der Waals surface area contributed by atoms with Gasteiger partial charge >= 0.3 is 0 Å². The monoisotopic (exact) mass is 658 g/mol. The van der Waals surface area contributed by atoms with Crippen molar-refractivity contribution in [2.45, 2.75) is 13.3 Å². The maximum atomic E-state index is 14.7. The SMILES string of the molecule is CC(C=O)(CC(=O)c1ccccc1)C(C(=O)c1ccccc1)(C(=O)c1ccc(Br)cc1)C(=O)c1ccc(Br)cc1. The molecule has 0 fully saturated rings. The highest BCUT2D eigenvalue weighted by molar-refractivity contribution is 9.10. The zero-order valence-corrected chi connectivity index (χ0v) is 24.6. The number of rotatable bonds is 11. The van der Waals surface area contributed by atoms with E-state index >= 15 is 0 Å². The first kappa shape index (κ1) is 29.2. The van der Waals surface area contributed by atoms with Gasteiger partial charge in [-0.3, -0.25) is 19.2 Å². The van der Waals surface area contributed by atoms with Crippen LogP contribution in [0, 0.1) is 10.8 Å². The van der Waals surface area contributed by atoms with Gasteiger partial charge < -0.3 is 4.79 Å². The molecule has 4 aromatic carbocycles. The van der Waals surface area contributed by atoms with Crippen LogP contribution in [0.1, 0.15) is 54.8 Å². The Kier molecular flexibility index (Phi) is 8.86. The molecule has 0 aliphatic rings. The largest absolute Gasteiger partial charge is 0.303 e. The summed E-state index contributed by atoms with van der Waals surface area (Å²) in [4.78, 5) is 70.6. The molecule has 0 spiro atoms. The van der Waals surface area contributed by atoms with E-state index in [1.54, 1.807) is 72.8 Å². The van der Waals surface area contributed by atoms with E-state index < -0.39 is 40.4 Å². The molecule has 0 radical (unpaired) electrons. The predicted molar refractivity (Wildman–Crippen MR) is 160 cm³/mol. The van der Waals surface area contributed by atoms with Crippen LogP contribution < -0.4 is 0 Å². The van der Waals surface area contributed by atoms with Crippen molar-refractivity contribution in [1.82, 2.24) is 0 Å². The molecule has 4 rings (SSSR count). The summed E-state index contributed by atoms with van der Waals surface area (Å²) in [6.45, 7) is 1.34. The molecule has 0 heterocycles. The molecule has 0 N–H and O–H groups in total. The minimum Gasteiger partial charge on any atom is -0.303 e. The highest BCUT2D eigenvalue weighted by Crippen LogP contribution is 2.49. The van der Waals surface area contributed by atoms with Crippen molar-refractivity contribution in [3.63, 3.8) is 0 Å². The normalized spacial score (nSPS) is 12.7. The number of hydrogen-bond acceptors (Lipinski definition) is 5. The van der Waals surface area contributed by atoms with Crippen LogP contribution in [-0.4, -0.2) is 29.4 Å². The Hall–Kier alpha value is -3.81. The highest BCUT2D eigenvalue weighted by atomic mass is 79.9.